The summed E-state index contributed by atoms with van der Waals surface area (Å²) in [6, 6.07) is -0.200. The molecule has 1 atom stereocenters. The Kier molecular flexibility index (Phi) is 4.25. The molecule has 4 heteroatoms. The van der Waals surface area contributed by atoms with E-state index < -0.39 is 0 Å². The van der Waals surface area contributed by atoms with E-state index in [2.05, 4.69) is 0 Å². The molecule has 18 heavy (non-hydrogen) atoms. The molecule has 2 amide bonds. The molecule has 0 bridgehead atoms. The summed E-state index contributed by atoms with van der Waals surface area (Å²) in [4.78, 5) is 28.0. The fraction of sp³-hybridized carbons (Fsp3) is 0.857. The van der Waals surface area contributed by atoms with Crippen molar-refractivity contribution in [3.05, 3.63) is 0 Å². The zero-order valence-corrected chi connectivity index (χ0v) is 11.5. The van der Waals surface area contributed by atoms with E-state index in [0.29, 0.717) is 0 Å². The first-order valence-electron chi connectivity index (χ1n) is 7.13. The van der Waals surface area contributed by atoms with Crippen molar-refractivity contribution in [3.63, 3.8) is 0 Å². The van der Waals surface area contributed by atoms with E-state index in [4.69, 9.17) is 0 Å². The molecule has 0 radical (unpaired) electrons. The summed E-state index contributed by atoms with van der Waals surface area (Å²) >= 11 is 0. The summed E-state index contributed by atoms with van der Waals surface area (Å²) in [5, 5.41) is 0. The van der Waals surface area contributed by atoms with Crippen LogP contribution in [0, 0.1) is 5.92 Å². The number of nitrogens with zero attached hydrogens (tertiary/aromatic N) is 2. The van der Waals surface area contributed by atoms with Crippen LogP contribution in [0.15, 0.2) is 0 Å². The second kappa shape index (κ2) is 5.72. The van der Waals surface area contributed by atoms with Crippen molar-refractivity contribution in [3.8, 4) is 0 Å². The van der Waals surface area contributed by atoms with Crippen molar-refractivity contribution in [2.24, 2.45) is 5.92 Å². The molecule has 2 aliphatic rings. The Morgan fingerprint density at radius 2 is 1.67 bits per heavy atom. The number of amides is 2. The number of likely N-dealkylation sites (tertiary alicyclic amines) is 1. The molecule has 0 N–H and O–H groups in total. The van der Waals surface area contributed by atoms with Gasteiger partial charge in [-0.1, -0.05) is 19.3 Å². The lowest BCUT2D eigenvalue weighted by atomic mass is 9.88. The molecule has 1 aliphatic heterocycles. The number of hydrogen-bond donors (Lipinski definition) is 0. The molecule has 0 aromatic heterocycles. The average Bonchev–Trinajstić information content (AvgIpc) is 2.87. The summed E-state index contributed by atoms with van der Waals surface area (Å²) in [6.45, 7) is 0.763. The van der Waals surface area contributed by atoms with Crippen LogP contribution in [0.1, 0.15) is 44.9 Å². The topological polar surface area (TPSA) is 40.6 Å². The molecule has 1 saturated carbocycles. The van der Waals surface area contributed by atoms with Crippen molar-refractivity contribution in [2.75, 3.05) is 20.6 Å². The summed E-state index contributed by atoms with van der Waals surface area (Å²) in [5.74, 6) is 0.485. The predicted octanol–water partition coefficient (Wildman–Crippen LogP) is 1.65. The summed E-state index contributed by atoms with van der Waals surface area (Å²) < 4.78 is 0. The van der Waals surface area contributed by atoms with Gasteiger partial charge in [0.1, 0.15) is 6.04 Å². The Bertz CT molecular complexity index is 322. The van der Waals surface area contributed by atoms with Gasteiger partial charge in [0, 0.05) is 26.6 Å². The second-order valence-electron chi connectivity index (χ2n) is 5.76. The van der Waals surface area contributed by atoms with Crippen molar-refractivity contribution in [2.45, 2.75) is 51.0 Å². The van der Waals surface area contributed by atoms with Gasteiger partial charge in [-0.3, -0.25) is 9.59 Å². The molecule has 0 aromatic rings. The van der Waals surface area contributed by atoms with Gasteiger partial charge in [0.15, 0.2) is 0 Å². The molecule has 1 saturated heterocycles. The minimum Gasteiger partial charge on any atom is -0.347 e. The lowest BCUT2D eigenvalue weighted by Gasteiger charge is -2.31. The maximum atomic E-state index is 12.5. The fourth-order valence-electron chi connectivity index (χ4n) is 3.17. The Morgan fingerprint density at radius 1 is 1.00 bits per heavy atom. The number of hydrogen-bond acceptors (Lipinski definition) is 2. The van der Waals surface area contributed by atoms with Gasteiger partial charge in [-0.05, 0) is 25.7 Å². The average molecular weight is 252 g/mol. The largest absolute Gasteiger partial charge is 0.347 e. The first-order valence-corrected chi connectivity index (χ1v) is 7.13. The van der Waals surface area contributed by atoms with E-state index in [9.17, 15) is 9.59 Å². The highest BCUT2D eigenvalue weighted by molar-refractivity contribution is 5.88. The SMILES string of the molecule is CN(C)C(=O)C1CCCN1C(=O)C1CCCCC1. The van der Waals surface area contributed by atoms with Gasteiger partial charge in [-0.15, -0.1) is 0 Å². The van der Waals surface area contributed by atoms with Crippen LogP contribution in [0.4, 0.5) is 0 Å². The number of carbonyl (C=O) groups excluding carboxylic acids is 2. The zero-order valence-electron chi connectivity index (χ0n) is 11.5. The molecular formula is C14H24N2O2. The van der Waals surface area contributed by atoms with E-state index in [1.807, 2.05) is 4.90 Å². The maximum Gasteiger partial charge on any atom is 0.244 e. The highest BCUT2D eigenvalue weighted by atomic mass is 16.2. The molecule has 2 fully saturated rings. The van der Waals surface area contributed by atoms with Crippen molar-refractivity contribution in [1.82, 2.24) is 9.80 Å². The Labute approximate surface area is 109 Å². The molecule has 1 unspecified atom stereocenters. The maximum absolute atomic E-state index is 12.5. The van der Waals surface area contributed by atoms with E-state index >= 15 is 0 Å². The van der Waals surface area contributed by atoms with Gasteiger partial charge in [0.2, 0.25) is 11.8 Å². The number of carbonyl (C=O) groups is 2. The van der Waals surface area contributed by atoms with Crippen LogP contribution in [-0.4, -0.2) is 48.3 Å². The van der Waals surface area contributed by atoms with Gasteiger partial charge in [-0.2, -0.15) is 0 Å². The number of likely N-dealkylation sites (N-methyl/N-ethyl adjacent to an activating group) is 1. The van der Waals surface area contributed by atoms with Gasteiger partial charge in [0.05, 0.1) is 0 Å². The molecule has 2 rings (SSSR count). The molecule has 102 valence electrons. The lowest BCUT2D eigenvalue weighted by Crippen LogP contribution is -2.47. The Balaban J connectivity index is 2.01. The van der Waals surface area contributed by atoms with E-state index in [0.717, 1.165) is 45.1 Å². The first kappa shape index (κ1) is 13.4. The third kappa shape index (κ3) is 2.68. The van der Waals surface area contributed by atoms with Crippen LogP contribution in [0.5, 0.6) is 0 Å². The van der Waals surface area contributed by atoms with E-state index in [1.165, 1.54) is 6.42 Å². The van der Waals surface area contributed by atoms with Crippen LogP contribution < -0.4 is 0 Å². The van der Waals surface area contributed by atoms with Gasteiger partial charge in [-0.25, -0.2) is 0 Å². The first-order chi connectivity index (χ1) is 8.61. The molecule has 1 aliphatic carbocycles. The lowest BCUT2D eigenvalue weighted by molar-refractivity contribution is -0.145. The van der Waals surface area contributed by atoms with Crippen molar-refractivity contribution >= 4 is 11.8 Å². The second-order valence-corrected chi connectivity index (χ2v) is 5.76. The normalized spacial score (nSPS) is 25.2. The van der Waals surface area contributed by atoms with E-state index in [-0.39, 0.29) is 23.8 Å². The van der Waals surface area contributed by atoms with Crippen LogP contribution >= 0.6 is 0 Å². The zero-order chi connectivity index (χ0) is 13.1. The van der Waals surface area contributed by atoms with Crippen molar-refractivity contribution < 1.29 is 9.59 Å². The predicted molar refractivity (Wildman–Crippen MR) is 70.0 cm³/mol. The minimum absolute atomic E-state index is 0.0802. The summed E-state index contributed by atoms with van der Waals surface area (Å²) in [5.41, 5.74) is 0. The molecule has 0 spiro atoms. The Morgan fingerprint density at radius 3 is 2.28 bits per heavy atom. The van der Waals surface area contributed by atoms with Crippen LogP contribution in [0.3, 0.4) is 0 Å². The van der Waals surface area contributed by atoms with Crippen molar-refractivity contribution in [1.29, 1.82) is 0 Å². The van der Waals surface area contributed by atoms with Crippen LogP contribution in [0.25, 0.3) is 0 Å². The summed E-state index contributed by atoms with van der Waals surface area (Å²) in [7, 11) is 3.54. The highest BCUT2D eigenvalue weighted by Crippen LogP contribution is 2.29. The molecule has 4 nitrogen and oxygen atoms in total. The third-order valence-corrected chi connectivity index (χ3v) is 4.22. The van der Waals surface area contributed by atoms with E-state index in [1.54, 1.807) is 19.0 Å². The van der Waals surface area contributed by atoms with Gasteiger partial charge in [0.25, 0.3) is 0 Å². The monoisotopic (exact) mass is 252 g/mol. The third-order valence-electron chi connectivity index (χ3n) is 4.22. The standard InChI is InChI=1S/C14H24N2O2/c1-15(2)14(18)12-9-6-10-16(12)13(17)11-7-4-3-5-8-11/h11-12H,3-10H2,1-2H3. The minimum atomic E-state index is -0.200. The smallest absolute Gasteiger partial charge is 0.244 e. The number of rotatable bonds is 2. The highest BCUT2D eigenvalue weighted by Gasteiger charge is 2.37. The molecule has 1 heterocycles. The molecular weight excluding hydrogens is 228 g/mol. The van der Waals surface area contributed by atoms with Gasteiger partial charge >= 0.3 is 0 Å². The quantitative estimate of drug-likeness (QED) is 0.749. The fourth-order valence-corrected chi connectivity index (χ4v) is 3.17. The Hall–Kier alpha value is -1.06. The van der Waals surface area contributed by atoms with Crippen LogP contribution in [0.2, 0.25) is 0 Å². The molecule has 0 aromatic carbocycles. The van der Waals surface area contributed by atoms with Gasteiger partial charge < -0.3 is 9.80 Å². The summed E-state index contributed by atoms with van der Waals surface area (Å²) in [6.07, 6.45) is 7.39. The van der Waals surface area contributed by atoms with Crippen LogP contribution in [-0.2, 0) is 9.59 Å².